The fourth-order valence-electron chi connectivity index (χ4n) is 1.89. The number of hydrogen-bond donors (Lipinski definition) is 0. The molecule has 4 heteroatoms. The molecule has 0 aliphatic rings. The highest BCUT2D eigenvalue weighted by molar-refractivity contribution is 5.57. The molecule has 0 saturated heterocycles. The zero-order valence-electron chi connectivity index (χ0n) is 11.0. The molecule has 0 spiro atoms. The van der Waals surface area contributed by atoms with Crippen molar-refractivity contribution in [2.45, 2.75) is 20.3 Å². The molecule has 96 valence electrons. The number of hydrogen-bond acceptors (Lipinski definition) is 4. The normalized spacial score (nSPS) is 11.1. The lowest BCUT2D eigenvalue weighted by Gasteiger charge is -2.16. The van der Waals surface area contributed by atoms with Crippen LogP contribution in [0.5, 0.6) is 0 Å². The van der Waals surface area contributed by atoms with E-state index in [0.717, 1.165) is 43.1 Å². The lowest BCUT2D eigenvalue weighted by atomic mass is 10.2. The summed E-state index contributed by atoms with van der Waals surface area (Å²) in [5.41, 5.74) is 1.85. The van der Waals surface area contributed by atoms with E-state index in [2.05, 4.69) is 28.9 Å². The average Bonchev–Trinajstić information content (AvgIpc) is 2.90. The first-order chi connectivity index (χ1) is 8.83. The summed E-state index contributed by atoms with van der Waals surface area (Å²) in [5, 5.41) is 4.08. The molecule has 0 aromatic carbocycles. The molecule has 2 aromatic rings. The number of pyridine rings is 1. The lowest BCUT2D eigenvalue weighted by molar-refractivity contribution is 0.290. The van der Waals surface area contributed by atoms with Crippen molar-refractivity contribution in [2.24, 2.45) is 0 Å². The second-order valence-electron chi connectivity index (χ2n) is 4.20. The molecule has 0 aliphatic carbocycles. The molecule has 0 unspecified atom stereocenters. The Morgan fingerprint density at radius 2 is 2.11 bits per heavy atom. The standard InChI is InChI=1S/C14H19N3O/c1-3-17(4-2)9-7-13-10-14(16-18-13)12-6-5-8-15-11-12/h5-6,8,10-11H,3-4,7,9H2,1-2H3. The highest BCUT2D eigenvalue weighted by atomic mass is 16.5. The van der Waals surface area contributed by atoms with Crippen molar-refractivity contribution in [2.75, 3.05) is 19.6 Å². The van der Waals surface area contributed by atoms with E-state index in [1.165, 1.54) is 0 Å². The summed E-state index contributed by atoms with van der Waals surface area (Å²) < 4.78 is 5.35. The number of rotatable bonds is 6. The van der Waals surface area contributed by atoms with Gasteiger partial charge in [0.05, 0.1) is 0 Å². The van der Waals surface area contributed by atoms with Crippen LogP contribution in [0.3, 0.4) is 0 Å². The van der Waals surface area contributed by atoms with Gasteiger partial charge in [-0.3, -0.25) is 4.98 Å². The molecule has 2 aromatic heterocycles. The summed E-state index contributed by atoms with van der Waals surface area (Å²) in [5.74, 6) is 0.931. The van der Waals surface area contributed by atoms with E-state index in [9.17, 15) is 0 Å². The minimum atomic E-state index is 0.859. The van der Waals surface area contributed by atoms with E-state index < -0.39 is 0 Å². The van der Waals surface area contributed by atoms with E-state index in [0.29, 0.717) is 0 Å². The van der Waals surface area contributed by atoms with Crippen molar-refractivity contribution in [1.29, 1.82) is 0 Å². The summed E-state index contributed by atoms with van der Waals surface area (Å²) in [6.07, 6.45) is 4.45. The van der Waals surface area contributed by atoms with Crippen LogP contribution in [0.25, 0.3) is 11.3 Å². The van der Waals surface area contributed by atoms with Gasteiger partial charge in [-0.25, -0.2) is 0 Å². The van der Waals surface area contributed by atoms with Crippen LogP contribution in [-0.4, -0.2) is 34.7 Å². The molecule has 0 aliphatic heterocycles. The maximum absolute atomic E-state index is 5.35. The van der Waals surface area contributed by atoms with Crippen molar-refractivity contribution in [1.82, 2.24) is 15.0 Å². The van der Waals surface area contributed by atoms with Gasteiger partial charge in [0.25, 0.3) is 0 Å². The summed E-state index contributed by atoms with van der Waals surface area (Å²) in [4.78, 5) is 6.45. The first-order valence-electron chi connectivity index (χ1n) is 6.41. The SMILES string of the molecule is CCN(CC)CCc1cc(-c2cccnc2)no1. The Hall–Kier alpha value is -1.68. The third kappa shape index (κ3) is 3.17. The number of aromatic nitrogens is 2. The minimum Gasteiger partial charge on any atom is -0.361 e. The predicted molar refractivity (Wildman–Crippen MR) is 71.2 cm³/mol. The van der Waals surface area contributed by atoms with Gasteiger partial charge < -0.3 is 9.42 Å². The van der Waals surface area contributed by atoms with E-state index >= 15 is 0 Å². The molecule has 0 amide bonds. The molecule has 0 bridgehead atoms. The monoisotopic (exact) mass is 245 g/mol. The molecule has 4 nitrogen and oxygen atoms in total. The molecule has 0 fully saturated rings. The largest absolute Gasteiger partial charge is 0.361 e. The first-order valence-corrected chi connectivity index (χ1v) is 6.41. The molecule has 18 heavy (non-hydrogen) atoms. The molecule has 2 rings (SSSR count). The van der Waals surface area contributed by atoms with Crippen LogP contribution >= 0.6 is 0 Å². The Kier molecular flexibility index (Phi) is 4.47. The van der Waals surface area contributed by atoms with Crippen LogP contribution in [0, 0.1) is 0 Å². The molecule has 0 saturated carbocycles. The minimum absolute atomic E-state index is 0.859. The quantitative estimate of drug-likeness (QED) is 0.784. The summed E-state index contributed by atoms with van der Waals surface area (Å²) in [7, 11) is 0. The van der Waals surface area contributed by atoms with Crippen LogP contribution < -0.4 is 0 Å². The molecule has 2 heterocycles. The maximum Gasteiger partial charge on any atom is 0.138 e. The van der Waals surface area contributed by atoms with E-state index in [-0.39, 0.29) is 0 Å². The van der Waals surface area contributed by atoms with Gasteiger partial charge >= 0.3 is 0 Å². The average molecular weight is 245 g/mol. The Morgan fingerprint density at radius 1 is 1.28 bits per heavy atom. The summed E-state index contributed by atoms with van der Waals surface area (Å²) >= 11 is 0. The topological polar surface area (TPSA) is 42.2 Å². The molecule has 0 atom stereocenters. The van der Waals surface area contributed by atoms with Gasteiger partial charge in [0.2, 0.25) is 0 Å². The van der Waals surface area contributed by atoms with Gasteiger partial charge in [-0.05, 0) is 25.2 Å². The fourth-order valence-corrected chi connectivity index (χ4v) is 1.89. The first kappa shape index (κ1) is 12.8. The van der Waals surface area contributed by atoms with E-state index in [1.807, 2.05) is 18.2 Å². The molecule has 0 N–H and O–H groups in total. The van der Waals surface area contributed by atoms with Crippen molar-refractivity contribution < 1.29 is 4.52 Å². The molecular weight excluding hydrogens is 226 g/mol. The van der Waals surface area contributed by atoms with E-state index in [4.69, 9.17) is 4.52 Å². The van der Waals surface area contributed by atoms with Gasteiger partial charge in [-0.2, -0.15) is 0 Å². The number of likely N-dealkylation sites (N-methyl/N-ethyl adjacent to an activating group) is 1. The molecular formula is C14H19N3O. The second-order valence-corrected chi connectivity index (χ2v) is 4.20. The zero-order chi connectivity index (χ0) is 12.8. The Morgan fingerprint density at radius 3 is 2.78 bits per heavy atom. The van der Waals surface area contributed by atoms with Gasteiger partial charge in [0, 0.05) is 37.0 Å². The van der Waals surface area contributed by atoms with Crippen LogP contribution in [0.2, 0.25) is 0 Å². The predicted octanol–water partition coefficient (Wildman–Crippen LogP) is 2.62. The van der Waals surface area contributed by atoms with E-state index in [1.54, 1.807) is 12.4 Å². The summed E-state index contributed by atoms with van der Waals surface area (Å²) in [6.45, 7) is 7.49. The smallest absolute Gasteiger partial charge is 0.138 e. The highest BCUT2D eigenvalue weighted by Crippen LogP contribution is 2.17. The maximum atomic E-state index is 5.35. The van der Waals surface area contributed by atoms with Gasteiger partial charge in [0.15, 0.2) is 0 Å². The number of nitrogens with zero attached hydrogens (tertiary/aromatic N) is 3. The second kappa shape index (κ2) is 6.31. The lowest BCUT2D eigenvalue weighted by Crippen LogP contribution is -2.25. The Bertz CT molecular complexity index is 463. The van der Waals surface area contributed by atoms with Crippen molar-refractivity contribution in [3.8, 4) is 11.3 Å². The van der Waals surface area contributed by atoms with Crippen LogP contribution in [0.1, 0.15) is 19.6 Å². The Balaban J connectivity index is 1.98. The zero-order valence-corrected chi connectivity index (χ0v) is 11.0. The van der Waals surface area contributed by atoms with Crippen LogP contribution in [0.15, 0.2) is 35.1 Å². The van der Waals surface area contributed by atoms with Crippen LogP contribution in [-0.2, 0) is 6.42 Å². The van der Waals surface area contributed by atoms with Crippen LogP contribution in [0.4, 0.5) is 0 Å². The third-order valence-corrected chi connectivity index (χ3v) is 3.09. The van der Waals surface area contributed by atoms with Gasteiger partial charge in [0.1, 0.15) is 11.5 Å². The third-order valence-electron chi connectivity index (χ3n) is 3.09. The Labute approximate surface area is 108 Å². The summed E-state index contributed by atoms with van der Waals surface area (Å²) in [6, 6.07) is 5.89. The van der Waals surface area contributed by atoms with Crippen molar-refractivity contribution in [3.05, 3.63) is 36.4 Å². The van der Waals surface area contributed by atoms with Gasteiger partial charge in [-0.1, -0.05) is 19.0 Å². The van der Waals surface area contributed by atoms with Crippen molar-refractivity contribution in [3.63, 3.8) is 0 Å². The van der Waals surface area contributed by atoms with Crippen molar-refractivity contribution >= 4 is 0 Å². The van der Waals surface area contributed by atoms with Gasteiger partial charge in [-0.15, -0.1) is 0 Å². The fraction of sp³-hybridized carbons (Fsp3) is 0.429. The molecule has 0 radical (unpaired) electrons. The highest BCUT2D eigenvalue weighted by Gasteiger charge is 2.07.